The Morgan fingerprint density at radius 2 is 1.80 bits per heavy atom. The molecule has 0 spiro atoms. The van der Waals surface area contributed by atoms with Crippen LogP contribution < -0.4 is 0 Å². The summed E-state index contributed by atoms with van der Waals surface area (Å²) in [5.41, 5.74) is 3.66. The maximum Gasteiger partial charge on any atom is -0.0242 e. The van der Waals surface area contributed by atoms with Crippen LogP contribution in [0.25, 0.3) is 0 Å². The van der Waals surface area contributed by atoms with Gasteiger partial charge in [-0.25, -0.2) is 0 Å². The highest BCUT2D eigenvalue weighted by atomic mass is 14.0. The number of allylic oxidation sites excluding steroid dienone is 8. The predicted octanol–water partition coefficient (Wildman–Crippen LogP) is 4.98. The van der Waals surface area contributed by atoms with E-state index in [1.54, 1.807) is 0 Å². The molecule has 0 heteroatoms. The van der Waals surface area contributed by atoms with E-state index in [-0.39, 0.29) is 0 Å². The zero-order valence-corrected chi connectivity index (χ0v) is 10.2. The van der Waals surface area contributed by atoms with Gasteiger partial charge in [-0.1, -0.05) is 42.5 Å². The number of hydrogen-bond acceptors (Lipinski definition) is 0. The van der Waals surface area contributed by atoms with Gasteiger partial charge < -0.3 is 0 Å². The van der Waals surface area contributed by atoms with Crippen LogP contribution in [0.15, 0.2) is 60.3 Å². The Bertz CT molecular complexity index is 298. The first-order chi connectivity index (χ1) is 7.15. The molecule has 0 saturated carbocycles. The maximum atomic E-state index is 4.07. The van der Waals surface area contributed by atoms with Crippen molar-refractivity contribution >= 4 is 0 Å². The van der Waals surface area contributed by atoms with E-state index >= 15 is 0 Å². The molecule has 0 saturated heterocycles. The minimum Gasteiger partial charge on any atom is -0.103 e. The number of rotatable bonds is 6. The monoisotopic (exact) mass is 202 g/mol. The van der Waals surface area contributed by atoms with Gasteiger partial charge in [0.25, 0.3) is 0 Å². The molecular formula is C15H22. The van der Waals surface area contributed by atoms with E-state index in [1.807, 2.05) is 13.0 Å². The van der Waals surface area contributed by atoms with Crippen LogP contribution in [0, 0.1) is 0 Å². The van der Waals surface area contributed by atoms with E-state index in [0.717, 1.165) is 18.4 Å². The standard InChI is InChI=1S/C15H22/c1-6-9-10-15(8-3)14(5)12-11-13(4)7-2/h6-8,11-12H,1,5,9-10H2,2-4H3/b12-11-,13-7-,15-8+. The van der Waals surface area contributed by atoms with Gasteiger partial charge in [0.15, 0.2) is 0 Å². The van der Waals surface area contributed by atoms with Crippen LogP contribution in [0.5, 0.6) is 0 Å². The molecule has 0 fully saturated rings. The molecular weight excluding hydrogens is 180 g/mol. The third kappa shape index (κ3) is 5.90. The van der Waals surface area contributed by atoms with E-state index in [1.165, 1.54) is 11.1 Å². The van der Waals surface area contributed by atoms with E-state index in [2.05, 4.69) is 51.3 Å². The fourth-order valence-electron chi connectivity index (χ4n) is 1.18. The average molecular weight is 202 g/mol. The van der Waals surface area contributed by atoms with Crippen LogP contribution >= 0.6 is 0 Å². The zero-order valence-electron chi connectivity index (χ0n) is 10.2. The normalized spacial score (nSPS) is 13.3. The molecule has 0 aromatic rings. The van der Waals surface area contributed by atoms with Crippen molar-refractivity contribution in [3.63, 3.8) is 0 Å². The highest BCUT2D eigenvalue weighted by Crippen LogP contribution is 2.16. The molecule has 0 rings (SSSR count). The van der Waals surface area contributed by atoms with Crippen molar-refractivity contribution in [1.82, 2.24) is 0 Å². The Kier molecular flexibility index (Phi) is 7.35. The van der Waals surface area contributed by atoms with Crippen molar-refractivity contribution in [3.05, 3.63) is 60.3 Å². The van der Waals surface area contributed by atoms with Gasteiger partial charge in [-0.15, -0.1) is 6.58 Å². The van der Waals surface area contributed by atoms with Crippen molar-refractivity contribution in [2.24, 2.45) is 0 Å². The summed E-state index contributed by atoms with van der Waals surface area (Å²) in [6.45, 7) is 14.0. The van der Waals surface area contributed by atoms with Gasteiger partial charge in [-0.3, -0.25) is 0 Å². The van der Waals surface area contributed by atoms with Crippen molar-refractivity contribution in [2.75, 3.05) is 0 Å². The Morgan fingerprint density at radius 3 is 2.27 bits per heavy atom. The molecule has 15 heavy (non-hydrogen) atoms. The van der Waals surface area contributed by atoms with Gasteiger partial charge in [-0.05, 0) is 44.8 Å². The minimum absolute atomic E-state index is 1.01. The van der Waals surface area contributed by atoms with E-state index in [4.69, 9.17) is 0 Å². The largest absolute Gasteiger partial charge is 0.103 e. The first-order valence-electron chi connectivity index (χ1n) is 5.42. The van der Waals surface area contributed by atoms with Gasteiger partial charge in [0, 0.05) is 0 Å². The molecule has 0 heterocycles. The fraction of sp³-hybridized carbons (Fsp3) is 0.333. The Hall–Kier alpha value is -1.30. The molecule has 82 valence electrons. The van der Waals surface area contributed by atoms with E-state index < -0.39 is 0 Å². The minimum atomic E-state index is 1.01. The fourth-order valence-corrected chi connectivity index (χ4v) is 1.18. The van der Waals surface area contributed by atoms with E-state index in [9.17, 15) is 0 Å². The first-order valence-corrected chi connectivity index (χ1v) is 5.42. The summed E-state index contributed by atoms with van der Waals surface area (Å²) >= 11 is 0. The molecule has 0 nitrogen and oxygen atoms in total. The van der Waals surface area contributed by atoms with Gasteiger partial charge >= 0.3 is 0 Å². The van der Waals surface area contributed by atoms with Crippen LogP contribution in [0.1, 0.15) is 33.6 Å². The van der Waals surface area contributed by atoms with Gasteiger partial charge in [0.2, 0.25) is 0 Å². The molecule has 0 aliphatic rings. The van der Waals surface area contributed by atoms with Crippen molar-refractivity contribution in [2.45, 2.75) is 33.6 Å². The van der Waals surface area contributed by atoms with Crippen LogP contribution in [0.4, 0.5) is 0 Å². The summed E-state index contributed by atoms with van der Waals surface area (Å²) in [4.78, 5) is 0. The summed E-state index contributed by atoms with van der Waals surface area (Å²) in [7, 11) is 0. The van der Waals surface area contributed by atoms with Crippen LogP contribution in [0.2, 0.25) is 0 Å². The second-order valence-corrected chi connectivity index (χ2v) is 3.53. The highest BCUT2D eigenvalue weighted by Gasteiger charge is 1.96. The maximum absolute atomic E-state index is 4.07. The SMILES string of the molecule is C=CCC/C(=C\C)C(=C)/C=C\C(C)=C/C. The molecule has 0 unspecified atom stereocenters. The van der Waals surface area contributed by atoms with Crippen molar-refractivity contribution in [3.8, 4) is 0 Å². The van der Waals surface area contributed by atoms with Crippen LogP contribution in [-0.2, 0) is 0 Å². The summed E-state index contributed by atoms with van der Waals surface area (Å²) in [5, 5.41) is 0. The van der Waals surface area contributed by atoms with E-state index in [0.29, 0.717) is 0 Å². The summed E-state index contributed by atoms with van der Waals surface area (Å²) in [6.07, 6.45) is 12.4. The molecule has 0 aromatic heterocycles. The summed E-state index contributed by atoms with van der Waals surface area (Å²) < 4.78 is 0. The quantitative estimate of drug-likeness (QED) is 0.421. The smallest absolute Gasteiger partial charge is 0.0242 e. The molecule has 0 aromatic carbocycles. The molecule has 0 N–H and O–H groups in total. The zero-order chi connectivity index (χ0) is 11.7. The second-order valence-electron chi connectivity index (χ2n) is 3.53. The lowest BCUT2D eigenvalue weighted by Crippen LogP contribution is -1.85. The lowest BCUT2D eigenvalue weighted by Gasteiger charge is -2.04. The third-order valence-electron chi connectivity index (χ3n) is 2.38. The van der Waals surface area contributed by atoms with Crippen molar-refractivity contribution in [1.29, 1.82) is 0 Å². The molecule has 0 bridgehead atoms. The molecule has 0 atom stereocenters. The number of hydrogen-bond donors (Lipinski definition) is 0. The predicted molar refractivity (Wildman–Crippen MR) is 70.9 cm³/mol. The Balaban J connectivity index is 4.41. The van der Waals surface area contributed by atoms with Crippen LogP contribution in [-0.4, -0.2) is 0 Å². The summed E-state index contributed by atoms with van der Waals surface area (Å²) in [5.74, 6) is 0. The van der Waals surface area contributed by atoms with Gasteiger partial charge in [0.1, 0.15) is 0 Å². The Morgan fingerprint density at radius 1 is 1.13 bits per heavy atom. The molecule has 0 aliphatic heterocycles. The van der Waals surface area contributed by atoms with Crippen molar-refractivity contribution < 1.29 is 0 Å². The molecule has 0 aliphatic carbocycles. The first kappa shape index (κ1) is 13.7. The van der Waals surface area contributed by atoms with Gasteiger partial charge in [-0.2, -0.15) is 0 Å². The average Bonchev–Trinajstić information content (AvgIpc) is 2.26. The van der Waals surface area contributed by atoms with Crippen LogP contribution in [0.3, 0.4) is 0 Å². The third-order valence-corrected chi connectivity index (χ3v) is 2.38. The molecule has 0 amide bonds. The lowest BCUT2D eigenvalue weighted by molar-refractivity contribution is 0.994. The van der Waals surface area contributed by atoms with Gasteiger partial charge in [0.05, 0.1) is 0 Å². The topological polar surface area (TPSA) is 0 Å². The Labute approximate surface area is 94.4 Å². The molecule has 0 radical (unpaired) electrons. The lowest BCUT2D eigenvalue weighted by atomic mass is 10.0. The summed E-state index contributed by atoms with van der Waals surface area (Å²) in [6, 6.07) is 0. The highest BCUT2D eigenvalue weighted by molar-refractivity contribution is 5.39. The second kappa shape index (κ2) is 8.05.